The van der Waals surface area contributed by atoms with Crippen LogP contribution in [-0.2, 0) is 15.9 Å². The number of unbranched alkanes of at least 4 members (excludes halogenated alkanes) is 2. The van der Waals surface area contributed by atoms with Gasteiger partial charge >= 0.3 is 6.18 Å². The molecular weight excluding hydrogens is 492 g/mol. The van der Waals surface area contributed by atoms with Crippen molar-refractivity contribution in [2.24, 2.45) is 23.7 Å². The average molecular weight is 539 g/mol. The summed E-state index contributed by atoms with van der Waals surface area (Å²) in [5, 5.41) is 0. The molecule has 0 atom stereocenters. The van der Waals surface area contributed by atoms with E-state index < -0.39 is 17.9 Å². The van der Waals surface area contributed by atoms with Crippen molar-refractivity contribution < 1.29 is 27.0 Å². The van der Waals surface area contributed by atoms with Gasteiger partial charge in [-0.05, 0) is 93.6 Å². The Morgan fingerprint density at radius 1 is 0.842 bits per heavy atom. The highest BCUT2D eigenvalue weighted by atomic mass is 19.4. The Balaban J connectivity index is 1.13. The molecule has 214 valence electrons. The van der Waals surface area contributed by atoms with Crippen LogP contribution in [0.5, 0.6) is 0 Å². The number of rotatable bonds is 10. The van der Waals surface area contributed by atoms with Crippen LogP contribution in [0.4, 0.5) is 17.6 Å². The van der Waals surface area contributed by atoms with Gasteiger partial charge in [0.1, 0.15) is 5.83 Å². The van der Waals surface area contributed by atoms with E-state index in [9.17, 15) is 17.6 Å². The van der Waals surface area contributed by atoms with Crippen LogP contribution in [0.1, 0.15) is 107 Å². The van der Waals surface area contributed by atoms with Crippen LogP contribution in [0.15, 0.2) is 36.2 Å². The summed E-state index contributed by atoms with van der Waals surface area (Å²) < 4.78 is 63.5. The molecule has 6 heteroatoms. The molecular formula is C32H46F4O2. The lowest BCUT2D eigenvalue weighted by atomic mass is 9.77. The second-order valence-electron chi connectivity index (χ2n) is 12.1. The summed E-state index contributed by atoms with van der Waals surface area (Å²) in [5.41, 5.74) is 2.57. The maximum absolute atomic E-state index is 13.9. The maximum Gasteiger partial charge on any atom is 0.412 e. The lowest BCUT2D eigenvalue weighted by Crippen LogP contribution is -2.38. The van der Waals surface area contributed by atoms with E-state index in [1.54, 1.807) is 0 Å². The summed E-state index contributed by atoms with van der Waals surface area (Å²) in [6, 6.07) is 8.76. The molecule has 2 aliphatic carbocycles. The van der Waals surface area contributed by atoms with Gasteiger partial charge in [-0.2, -0.15) is 13.2 Å². The van der Waals surface area contributed by atoms with E-state index in [0.29, 0.717) is 30.6 Å². The minimum Gasteiger partial charge on any atom is -0.352 e. The molecule has 1 aromatic rings. The van der Waals surface area contributed by atoms with Crippen LogP contribution >= 0.6 is 0 Å². The van der Waals surface area contributed by atoms with Crippen LogP contribution in [0.25, 0.3) is 0 Å². The monoisotopic (exact) mass is 538 g/mol. The summed E-state index contributed by atoms with van der Waals surface area (Å²) in [7, 11) is 0. The van der Waals surface area contributed by atoms with Crippen molar-refractivity contribution in [3.8, 4) is 0 Å². The lowest BCUT2D eigenvalue weighted by molar-refractivity contribution is -0.230. The van der Waals surface area contributed by atoms with Gasteiger partial charge in [0.15, 0.2) is 6.29 Å². The Hall–Kier alpha value is -1.40. The molecule has 0 N–H and O–H groups in total. The van der Waals surface area contributed by atoms with E-state index in [0.717, 1.165) is 38.4 Å². The van der Waals surface area contributed by atoms with Gasteiger partial charge in [0.2, 0.25) is 0 Å². The molecule has 1 aromatic carbocycles. The van der Waals surface area contributed by atoms with E-state index in [4.69, 9.17) is 9.47 Å². The zero-order valence-electron chi connectivity index (χ0n) is 23.0. The first kappa shape index (κ1) is 29.6. The number of alkyl halides is 3. The zero-order chi connectivity index (χ0) is 27.0. The average Bonchev–Trinajstić information content (AvgIpc) is 2.92. The molecule has 0 spiro atoms. The Bertz CT molecular complexity index is 841. The molecule has 0 amide bonds. The third-order valence-electron chi connectivity index (χ3n) is 9.20. The van der Waals surface area contributed by atoms with E-state index in [2.05, 4.69) is 31.2 Å². The maximum atomic E-state index is 13.9. The van der Waals surface area contributed by atoms with Crippen LogP contribution < -0.4 is 0 Å². The van der Waals surface area contributed by atoms with E-state index >= 15 is 0 Å². The van der Waals surface area contributed by atoms with Crippen molar-refractivity contribution in [1.29, 1.82) is 0 Å². The van der Waals surface area contributed by atoms with Gasteiger partial charge in [0, 0.05) is 17.8 Å². The van der Waals surface area contributed by atoms with E-state index in [1.165, 1.54) is 68.9 Å². The van der Waals surface area contributed by atoms with Crippen LogP contribution in [0.3, 0.4) is 0 Å². The number of aryl methyl sites for hydroxylation is 1. The molecule has 0 bridgehead atoms. The van der Waals surface area contributed by atoms with Crippen molar-refractivity contribution in [3.05, 3.63) is 47.3 Å². The molecule has 0 radical (unpaired) electrons. The van der Waals surface area contributed by atoms with Crippen molar-refractivity contribution in [2.45, 2.75) is 115 Å². The van der Waals surface area contributed by atoms with Crippen molar-refractivity contribution in [2.75, 3.05) is 13.2 Å². The number of ether oxygens (including phenoxy) is 2. The fraction of sp³-hybridized carbons (Fsp3) is 0.750. The van der Waals surface area contributed by atoms with Crippen molar-refractivity contribution >= 4 is 0 Å². The summed E-state index contributed by atoms with van der Waals surface area (Å²) in [4.78, 5) is 0. The van der Waals surface area contributed by atoms with Gasteiger partial charge in [-0.1, -0.05) is 50.5 Å². The minimum absolute atomic E-state index is 0.00172. The molecule has 1 aliphatic heterocycles. The highest BCUT2D eigenvalue weighted by Crippen LogP contribution is 2.40. The third kappa shape index (κ3) is 9.08. The molecule has 3 aliphatic rings. The Morgan fingerprint density at radius 3 is 2.11 bits per heavy atom. The first-order chi connectivity index (χ1) is 18.3. The Morgan fingerprint density at radius 2 is 1.50 bits per heavy atom. The molecule has 3 fully saturated rings. The fourth-order valence-electron chi connectivity index (χ4n) is 6.73. The Labute approximate surface area is 226 Å². The topological polar surface area (TPSA) is 18.5 Å². The summed E-state index contributed by atoms with van der Waals surface area (Å²) in [6.07, 6.45) is 9.88. The molecule has 4 rings (SSSR count). The second-order valence-corrected chi connectivity index (χ2v) is 12.1. The van der Waals surface area contributed by atoms with Crippen LogP contribution in [0.2, 0.25) is 0 Å². The van der Waals surface area contributed by atoms with Gasteiger partial charge in [0.25, 0.3) is 0 Å². The molecule has 1 heterocycles. The van der Waals surface area contributed by atoms with E-state index in [1.807, 2.05) is 0 Å². The van der Waals surface area contributed by atoms with Gasteiger partial charge in [-0.15, -0.1) is 0 Å². The summed E-state index contributed by atoms with van der Waals surface area (Å²) in [6.45, 7) is 3.96. The zero-order valence-corrected chi connectivity index (χ0v) is 23.0. The predicted molar refractivity (Wildman–Crippen MR) is 143 cm³/mol. The van der Waals surface area contributed by atoms with Gasteiger partial charge in [0.05, 0.1) is 19.3 Å². The minimum atomic E-state index is -4.58. The molecule has 2 nitrogen and oxygen atoms in total. The smallest absolute Gasteiger partial charge is 0.352 e. The quantitative estimate of drug-likeness (QED) is 0.218. The molecule has 2 saturated carbocycles. The number of allylic oxidation sites excluding steroid dienone is 2. The molecule has 0 aromatic heterocycles. The van der Waals surface area contributed by atoms with Gasteiger partial charge in [-0.3, -0.25) is 0 Å². The lowest BCUT2D eigenvalue weighted by Gasteiger charge is -2.37. The normalized spacial score (nSPS) is 31.3. The number of hydrogen-bond acceptors (Lipinski definition) is 2. The second kappa shape index (κ2) is 14.3. The SMILES string of the molecule is CCCCCC1COC(C2CCC(CCc3ccc(C4CCC(C(F)=CC(F)(F)F)CC4)cc3)CC2)OC1. The summed E-state index contributed by atoms with van der Waals surface area (Å²) >= 11 is 0. The molecule has 0 unspecified atom stereocenters. The van der Waals surface area contributed by atoms with Crippen molar-refractivity contribution in [1.82, 2.24) is 0 Å². The van der Waals surface area contributed by atoms with Crippen LogP contribution in [-0.4, -0.2) is 25.7 Å². The van der Waals surface area contributed by atoms with Crippen LogP contribution in [0, 0.1) is 23.7 Å². The van der Waals surface area contributed by atoms with E-state index in [-0.39, 0.29) is 12.4 Å². The number of halogens is 4. The first-order valence-corrected chi connectivity index (χ1v) is 15.1. The van der Waals surface area contributed by atoms with Gasteiger partial charge < -0.3 is 9.47 Å². The first-order valence-electron chi connectivity index (χ1n) is 15.1. The predicted octanol–water partition coefficient (Wildman–Crippen LogP) is 9.68. The summed E-state index contributed by atoms with van der Waals surface area (Å²) in [5.74, 6) is 0.571. The van der Waals surface area contributed by atoms with Crippen molar-refractivity contribution in [3.63, 3.8) is 0 Å². The molecule has 38 heavy (non-hydrogen) atoms. The highest BCUT2D eigenvalue weighted by Gasteiger charge is 2.33. The highest BCUT2D eigenvalue weighted by molar-refractivity contribution is 5.26. The number of benzene rings is 1. The third-order valence-corrected chi connectivity index (χ3v) is 9.20. The largest absolute Gasteiger partial charge is 0.412 e. The standard InChI is InChI=1S/C32H46F4O2/c1-2-3-4-5-25-21-37-31(38-22-25)29-14-10-24(11-15-29)7-6-23-8-12-26(13-9-23)27-16-18-28(19-17-27)30(33)20-32(34,35)36/h8-9,12-13,20,24-25,27-29,31H,2-7,10-11,14-19,21-22H2,1H3. The number of hydrogen-bond donors (Lipinski definition) is 0. The van der Waals surface area contributed by atoms with Gasteiger partial charge in [-0.25, -0.2) is 4.39 Å². The molecule has 1 saturated heterocycles. The fourth-order valence-corrected chi connectivity index (χ4v) is 6.73. The Kier molecular flexibility index (Phi) is 11.1.